The van der Waals surface area contributed by atoms with Gasteiger partial charge in [0.05, 0.1) is 23.5 Å². The molecular formula is C30H30N6O2S2. The van der Waals surface area contributed by atoms with E-state index in [-0.39, 0.29) is 11.9 Å². The Hall–Kier alpha value is -3.60. The number of nitrogens with two attached hydrogens (primary N) is 1. The van der Waals surface area contributed by atoms with Crippen LogP contribution in [0, 0.1) is 6.92 Å². The van der Waals surface area contributed by atoms with Crippen molar-refractivity contribution in [3.63, 3.8) is 0 Å². The summed E-state index contributed by atoms with van der Waals surface area (Å²) in [4.78, 5) is 24.9. The van der Waals surface area contributed by atoms with Gasteiger partial charge >= 0.3 is 0 Å². The molecule has 4 heterocycles. The number of carbonyl (C=O) groups is 1. The van der Waals surface area contributed by atoms with Crippen LogP contribution >= 0.6 is 23.1 Å². The van der Waals surface area contributed by atoms with Crippen molar-refractivity contribution in [1.29, 1.82) is 0 Å². The van der Waals surface area contributed by atoms with E-state index in [0.717, 1.165) is 51.0 Å². The maximum atomic E-state index is 13.9. The van der Waals surface area contributed by atoms with Gasteiger partial charge in [0, 0.05) is 40.1 Å². The summed E-state index contributed by atoms with van der Waals surface area (Å²) < 4.78 is 5.60. The van der Waals surface area contributed by atoms with Crippen LogP contribution in [-0.4, -0.2) is 49.4 Å². The summed E-state index contributed by atoms with van der Waals surface area (Å²) in [6, 6.07) is 15.9. The van der Waals surface area contributed by atoms with Crippen molar-refractivity contribution in [1.82, 2.24) is 14.9 Å². The normalized spacial score (nSPS) is 18.8. The van der Waals surface area contributed by atoms with E-state index in [0.29, 0.717) is 30.2 Å². The molecule has 1 fully saturated rings. The van der Waals surface area contributed by atoms with Gasteiger partial charge in [0.25, 0.3) is 5.91 Å². The highest BCUT2D eigenvalue weighted by molar-refractivity contribution is 8.14. The zero-order chi connectivity index (χ0) is 27.7. The molecule has 2 aromatic carbocycles. The number of benzene rings is 2. The minimum Gasteiger partial charge on any atom is -0.445 e. The van der Waals surface area contributed by atoms with Gasteiger partial charge in [-0.2, -0.15) is 5.10 Å². The molecule has 2 aromatic heterocycles. The van der Waals surface area contributed by atoms with Crippen LogP contribution in [0.4, 0.5) is 0 Å². The number of aromatic nitrogens is 2. The predicted octanol–water partition coefficient (Wildman–Crippen LogP) is 5.89. The lowest BCUT2D eigenvalue weighted by atomic mass is 9.95. The number of aryl methyl sites for hydroxylation is 1. The first kappa shape index (κ1) is 26.6. The Kier molecular flexibility index (Phi) is 7.39. The second-order valence-electron chi connectivity index (χ2n) is 10.4. The molecule has 2 aliphatic heterocycles. The molecule has 6 rings (SSSR count). The molecule has 2 aliphatic rings. The molecule has 4 aromatic rings. The van der Waals surface area contributed by atoms with Crippen LogP contribution in [-0.2, 0) is 6.42 Å². The molecule has 40 heavy (non-hydrogen) atoms. The number of carbonyl (C=O) groups excluding carboxylic acids is 1. The minimum atomic E-state index is -0.638. The molecule has 0 spiro atoms. The summed E-state index contributed by atoms with van der Waals surface area (Å²) in [6.07, 6.45) is 5.66. The summed E-state index contributed by atoms with van der Waals surface area (Å²) in [5.74, 6) is 1.01. The first-order chi connectivity index (χ1) is 19.4. The van der Waals surface area contributed by atoms with Gasteiger partial charge in [0.2, 0.25) is 5.89 Å². The van der Waals surface area contributed by atoms with Gasteiger partial charge in [0.1, 0.15) is 16.3 Å². The van der Waals surface area contributed by atoms with E-state index in [9.17, 15) is 4.79 Å². The summed E-state index contributed by atoms with van der Waals surface area (Å²) in [6.45, 7) is 4.67. The van der Waals surface area contributed by atoms with Crippen molar-refractivity contribution in [2.45, 2.75) is 44.7 Å². The molecule has 2 unspecified atom stereocenters. The lowest BCUT2D eigenvalue weighted by Crippen LogP contribution is -2.46. The number of likely N-dealkylation sites (tertiary alicyclic amines) is 1. The average Bonchev–Trinajstić information content (AvgIpc) is 3.75. The van der Waals surface area contributed by atoms with E-state index in [4.69, 9.17) is 10.2 Å². The number of nitrogens with zero attached hydrogens (tertiary/aromatic N) is 5. The predicted molar refractivity (Wildman–Crippen MR) is 161 cm³/mol. The summed E-state index contributed by atoms with van der Waals surface area (Å²) >= 11 is 3.20. The Morgan fingerprint density at radius 3 is 2.70 bits per heavy atom. The monoisotopic (exact) mass is 570 g/mol. The number of rotatable bonds is 7. The highest BCUT2D eigenvalue weighted by Gasteiger charge is 2.34. The number of thiazole rings is 1. The largest absolute Gasteiger partial charge is 0.445 e. The quantitative estimate of drug-likeness (QED) is 0.297. The maximum Gasteiger partial charge on any atom is 0.254 e. The van der Waals surface area contributed by atoms with Crippen LogP contribution in [0.15, 0.2) is 81.0 Å². The molecule has 2 N–H and O–H groups in total. The third-order valence-electron chi connectivity index (χ3n) is 7.14. The smallest absolute Gasteiger partial charge is 0.254 e. The molecule has 8 nitrogen and oxygen atoms in total. The van der Waals surface area contributed by atoms with E-state index in [2.05, 4.69) is 32.3 Å². The maximum absolute atomic E-state index is 13.9. The Balaban J connectivity index is 1.31. The van der Waals surface area contributed by atoms with Gasteiger partial charge in [0.15, 0.2) is 0 Å². The zero-order valence-corrected chi connectivity index (χ0v) is 24.0. The fourth-order valence-electron chi connectivity index (χ4n) is 5.18. The van der Waals surface area contributed by atoms with Crippen molar-refractivity contribution >= 4 is 39.8 Å². The molecule has 0 bridgehead atoms. The average molecular weight is 571 g/mol. The molecule has 1 saturated heterocycles. The van der Waals surface area contributed by atoms with Crippen LogP contribution in [0.3, 0.4) is 0 Å². The molecule has 0 aliphatic carbocycles. The highest BCUT2D eigenvalue weighted by Crippen LogP contribution is 2.36. The van der Waals surface area contributed by atoms with Crippen molar-refractivity contribution < 1.29 is 9.21 Å². The van der Waals surface area contributed by atoms with Crippen LogP contribution < -0.4 is 5.73 Å². The molecule has 10 heteroatoms. The lowest BCUT2D eigenvalue weighted by molar-refractivity contribution is 0.0735. The number of thioether (sulfide) groups is 1. The third-order valence-corrected chi connectivity index (χ3v) is 9.44. The van der Waals surface area contributed by atoms with E-state index in [1.165, 1.54) is 6.26 Å². The second kappa shape index (κ2) is 11.1. The minimum absolute atomic E-state index is 0.0124. The second-order valence-corrected chi connectivity index (χ2v) is 12.3. The number of oxazole rings is 1. The lowest BCUT2D eigenvalue weighted by Gasteiger charge is -2.27. The first-order valence-electron chi connectivity index (χ1n) is 13.3. The van der Waals surface area contributed by atoms with Crippen molar-refractivity contribution in [3.8, 4) is 11.5 Å². The Morgan fingerprint density at radius 1 is 1.18 bits per heavy atom. The Morgan fingerprint density at radius 2 is 2.00 bits per heavy atom. The van der Waals surface area contributed by atoms with Gasteiger partial charge in [-0.25, -0.2) is 9.97 Å². The topological polar surface area (TPSA) is 110 Å². The summed E-state index contributed by atoms with van der Waals surface area (Å²) in [5, 5.41) is 13.0. The number of hydrogen-bond donors (Lipinski definition) is 1. The molecule has 0 saturated carbocycles. The Bertz CT molecular complexity index is 1580. The van der Waals surface area contributed by atoms with E-state index >= 15 is 0 Å². The van der Waals surface area contributed by atoms with Crippen molar-refractivity contribution in [3.05, 3.63) is 93.8 Å². The fourth-order valence-corrected chi connectivity index (χ4v) is 7.12. The molecule has 2 atom stereocenters. The van der Waals surface area contributed by atoms with Gasteiger partial charge in [-0.3, -0.25) is 4.79 Å². The van der Waals surface area contributed by atoms with Crippen LogP contribution in [0.25, 0.3) is 11.5 Å². The van der Waals surface area contributed by atoms with E-state index in [1.54, 1.807) is 29.3 Å². The van der Waals surface area contributed by atoms with Crippen LogP contribution in [0.1, 0.15) is 58.0 Å². The van der Waals surface area contributed by atoms with Crippen molar-refractivity contribution in [2.75, 3.05) is 12.3 Å². The number of amides is 1. The zero-order valence-electron chi connectivity index (χ0n) is 22.4. The summed E-state index contributed by atoms with van der Waals surface area (Å²) in [5.41, 5.74) is 11.1. The molecule has 204 valence electrons. The molecule has 1 amide bonds. The van der Waals surface area contributed by atoms with Crippen LogP contribution in [0.2, 0.25) is 0 Å². The standard InChI is InChI=1S/C30H30N6O2S2/c1-19-17-39-27(33-19)25-9-6-11-36(25)28(37)23-14-21(13-22(15-23)26-32-10-12-38-26)24-18-40-29(35-34-24)30(2,31)16-20-7-4-3-5-8-20/h3-5,7-8,10,12-15,17,25H,6,9,11,16,18,31H2,1-2H3. The molecule has 0 radical (unpaired) electrons. The summed E-state index contributed by atoms with van der Waals surface area (Å²) in [7, 11) is 0. The van der Waals surface area contributed by atoms with Gasteiger partial charge in [-0.1, -0.05) is 30.3 Å². The van der Waals surface area contributed by atoms with E-state index < -0.39 is 5.54 Å². The van der Waals surface area contributed by atoms with E-state index in [1.807, 2.05) is 60.5 Å². The Labute approximate surface area is 241 Å². The fraction of sp³-hybridized carbons (Fsp3) is 0.300. The van der Waals surface area contributed by atoms with Gasteiger partial charge in [-0.15, -0.1) is 28.2 Å². The first-order valence-corrected chi connectivity index (χ1v) is 15.1. The van der Waals surface area contributed by atoms with Gasteiger partial charge < -0.3 is 15.1 Å². The number of hydrogen-bond acceptors (Lipinski definition) is 9. The van der Waals surface area contributed by atoms with Crippen LogP contribution in [0.5, 0.6) is 0 Å². The SMILES string of the molecule is Cc1csc(C2CCCN2C(=O)c2cc(C3=NN=C(C(C)(N)Cc4ccccc4)SC3)cc(-c3ncco3)c2)n1. The molecular weight excluding hydrogens is 541 g/mol. The van der Waals surface area contributed by atoms with Gasteiger partial charge in [-0.05, 0) is 56.9 Å². The third kappa shape index (κ3) is 5.52. The van der Waals surface area contributed by atoms with Crippen molar-refractivity contribution in [2.24, 2.45) is 15.9 Å². The highest BCUT2D eigenvalue weighted by atomic mass is 32.2.